The molecule has 2 unspecified atom stereocenters. The summed E-state index contributed by atoms with van der Waals surface area (Å²) in [5.74, 6) is -2.38. The maximum Gasteiger partial charge on any atom is 0.305 e. The Morgan fingerprint density at radius 2 is 1.92 bits per heavy atom. The average Bonchev–Trinajstić information content (AvgIpc) is 3.29. The molecule has 0 spiro atoms. The topological polar surface area (TPSA) is 173 Å². The fourth-order valence-electron chi connectivity index (χ4n) is 3.68. The van der Waals surface area contributed by atoms with Gasteiger partial charge in [0.15, 0.2) is 11.6 Å². The number of benzene rings is 1. The van der Waals surface area contributed by atoms with Gasteiger partial charge in [0, 0.05) is 25.1 Å². The molecule has 0 radical (unpaired) electrons. The van der Waals surface area contributed by atoms with Crippen molar-refractivity contribution >= 4 is 29.2 Å². The standard InChI is InChI=1S/C24H29N7O6/c1-4-19(31-11-10-25-22(24(31)36)26-13-18-15(2)28-37-29-18)23(35)27-17(12-21(33)34)20(32)14-30(3)16-8-6-5-7-9-16/h5-11,17,19H,4,12-14H2,1-3H3,(H,25,26)(H,27,35)(H,33,34). The summed E-state index contributed by atoms with van der Waals surface area (Å²) in [4.78, 5) is 56.3. The van der Waals surface area contributed by atoms with Crippen LogP contribution < -0.4 is 21.1 Å². The van der Waals surface area contributed by atoms with Gasteiger partial charge in [0.05, 0.1) is 25.6 Å². The molecule has 3 aromatic rings. The van der Waals surface area contributed by atoms with E-state index < -0.39 is 41.7 Å². The Kier molecular flexibility index (Phi) is 9.08. The van der Waals surface area contributed by atoms with Gasteiger partial charge in [-0.1, -0.05) is 35.4 Å². The summed E-state index contributed by atoms with van der Waals surface area (Å²) in [5, 5.41) is 22.2. The third-order valence-electron chi connectivity index (χ3n) is 5.74. The van der Waals surface area contributed by atoms with Crippen LogP contribution in [0.25, 0.3) is 0 Å². The van der Waals surface area contributed by atoms with Crippen molar-refractivity contribution in [2.75, 3.05) is 23.8 Å². The molecule has 0 aliphatic rings. The molecule has 0 aliphatic carbocycles. The molecule has 2 aromatic heterocycles. The smallest absolute Gasteiger partial charge is 0.305 e. The fourth-order valence-corrected chi connectivity index (χ4v) is 3.68. The van der Waals surface area contributed by atoms with E-state index in [0.717, 1.165) is 5.69 Å². The molecular formula is C24H29N7O6. The average molecular weight is 512 g/mol. The van der Waals surface area contributed by atoms with E-state index in [4.69, 9.17) is 0 Å². The molecule has 2 heterocycles. The largest absolute Gasteiger partial charge is 0.481 e. The van der Waals surface area contributed by atoms with Gasteiger partial charge in [0.2, 0.25) is 5.91 Å². The van der Waals surface area contributed by atoms with Crippen LogP contribution >= 0.6 is 0 Å². The van der Waals surface area contributed by atoms with Crippen molar-refractivity contribution in [1.29, 1.82) is 0 Å². The summed E-state index contributed by atoms with van der Waals surface area (Å²) in [7, 11) is 1.70. The number of carboxylic acid groups (broad SMARTS) is 1. The Labute approximate surface area is 212 Å². The van der Waals surface area contributed by atoms with Gasteiger partial charge in [-0.15, -0.1) is 0 Å². The highest BCUT2D eigenvalue weighted by atomic mass is 16.6. The number of hydrogen-bond acceptors (Lipinski definition) is 10. The number of carbonyl (C=O) groups is 3. The van der Waals surface area contributed by atoms with Crippen LogP contribution in [0.2, 0.25) is 0 Å². The van der Waals surface area contributed by atoms with Crippen molar-refractivity contribution in [1.82, 2.24) is 25.2 Å². The van der Waals surface area contributed by atoms with E-state index in [0.29, 0.717) is 11.4 Å². The van der Waals surface area contributed by atoms with E-state index in [1.54, 1.807) is 25.8 Å². The molecule has 196 valence electrons. The molecule has 0 aliphatic heterocycles. The Hall–Kier alpha value is -4.55. The van der Waals surface area contributed by atoms with E-state index in [1.165, 1.54) is 17.0 Å². The van der Waals surface area contributed by atoms with Gasteiger partial charge in [-0.25, -0.2) is 9.61 Å². The maximum absolute atomic E-state index is 13.2. The number of likely N-dealkylation sites (N-methyl/N-ethyl adjacent to an activating group) is 1. The number of nitrogens with one attached hydrogen (secondary N) is 2. The van der Waals surface area contributed by atoms with Crippen LogP contribution in [0, 0.1) is 6.92 Å². The van der Waals surface area contributed by atoms with E-state index in [-0.39, 0.29) is 25.3 Å². The highest BCUT2D eigenvalue weighted by Gasteiger charge is 2.29. The minimum atomic E-state index is -1.28. The van der Waals surface area contributed by atoms with Crippen LogP contribution in [0.3, 0.4) is 0 Å². The third-order valence-corrected chi connectivity index (χ3v) is 5.74. The second-order valence-electron chi connectivity index (χ2n) is 8.38. The highest BCUT2D eigenvalue weighted by Crippen LogP contribution is 2.14. The number of Topliss-reactive ketones (excluding diaryl/α,β-unsaturated/α-hetero) is 1. The van der Waals surface area contributed by atoms with Gasteiger partial charge in [-0.3, -0.25) is 23.7 Å². The van der Waals surface area contributed by atoms with Gasteiger partial charge in [0.25, 0.3) is 5.56 Å². The normalized spacial score (nSPS) is 12.4. The molecule has 13 nitrogen and oxygen atoms in total. The number of carboxylic acids is 1. The quantitative estimate of drug-likeness (QED) is 0.300. The van der Waals surface area contributed by atoms with Crippen LogP contribution in [0.5, 0.6) is 0 Å². The van der Waals surface area contributed by atoms with Gasteiger partial charge < -0.3 is 20.6 Å². The minimum Gasteiger partial charge on any atom is -0.481 e. The summed E-state index contributed by atoms with van der Waals surface area (Å²) >= 11 is 0. The summed E-state index contributed by atoms with van der Waals surface area (Å²) in [6.07, 6.45) is 2.34. The number of aliphatic carboxylic acids is 1. The Morgan fingerprint density at radius 1 is 1.19 bits per heavy atom. The van der Waals surface area contributed by atoms with Crippen molar-refractivity contribution < 1.29 is 24.1 Å². The van der Waals surface area contributed by atoms with Crippen molar-refractivity contribution in [3.05, 3.63) is 64.5 Å². The van der Waals surface area contributed by atoms with Crippen LogP contribution in [0.15, 0.2) is 52.1 Å². The lowest BCUT2D eigenvalue weighted by molar-refractivity contribution is -0.140. The SMILES string of the molecule is CCC(C(=O)NC(CC(=O)O)C(=O)CN(C)c1ccccc1)n1ccnc(NCc2nonc2C)c1=O. The summed E-state index contributed by atoms with van der Waals surface area (Å²) in [6, 6.07) is 6.83. The van der Waals surface area contributed by atoms with Gasteiger partial charge in [0.1, 0.15) is 17.4 Å². The zero-order valence-electron chi connectivity index (χ0n) is 20.7. The number of rotatable bonds is 13. The van der Waals surface area contributed by atoms with Crippen LogP contribution in [0.1, 0.15) is 37.2 Å². The molecule has 0 bridgehead atoms. The van der Waals surface area contributed by atoms with E-state index in [1.807, 2.05) is 30.3 Å². The molecule has 1 aromatic carbocycles. The summed E-state index contributed by atoms with van der Waals surface area (Å²) < 4.78 is 5.83. The number of hydrogen-bond donors (Lipinski definition) is 3. The molecular weight excluding hydrogens is 482 g/mol. The van der Waals surface area contributed by atoms with Crippen molar-refractivity contribution in [2.24, 2.45) is 0 Å². The number of nitrogens with zero attached hydrogens (tertiary/aromatic N) is 5. The first-order valence-electron chi connectivity index (χ1n) is 11.6. The lowest BCUT2D eigenvalue weighted by atomic mass is 10.1. The summed E-state index contributed by atoms with van der Waals surface area (Å²) in [5.41, 5.74) is 1.25. The number of aryl methyl sites for hydroxylation is 1. The predicted octanol–water partition coefficient (Wildman–Crippen LogP) is 1.16. The first-order valence-corrected chi connectivity index (χ1v) is 11.6. The number of anilines is 2. The number of para-hydroxylation sites is 1. The van der Waals surface area contributed by atoms with E-state index in [2.05, 4.69) is 30.6 Å². The Bertz CT molecular complexity index is 1290. The molecule has 13 heteroatoms. The van der Waals surface area contributed by atoms with Crippen LogP contribution in [0.4, 0.5) is 11.5 Å². The predicted molar refractivity (Wildman–Crippen MR) is 133 cm³/mol. The molecule has 1 amide bonds. The van der Waals surface area contributed by atoms with Crippen molar-refractivity contribution in [3.8, 4) is 0 Å². The third kappa shape index (κ3) is 6.99. The molecule has 0 saturated carbocycles. The Balaban J connectivity index is 1.75. The van der Waals surface area contributed by atoms with Crippen LogP contribution in [-0.2, 0) is 20.9 Å². The fraction of sp³-hybridized carbons (Fsp3) is 0.375. The second kappa shape index (κ2) is 12.4. The highest BCUT2D eigenvalue weighted by molar-refractivity contribution is 5.95. The van der Waals surface area contributed by atoms with Crippen molar-refractivity contribution in [2.45, 2.75) is 45.3 Å². The lowest BCUT2D eigenvalue weighted by Gasteiger charge is -2.24. The first-order chi connectivity index (χ1) is 17.7. The number of ketones is 1. The molecule has 0 fully saturated rings. The van der Waals surface area contributed by atoms with Gasteiger partial charge in [-0.05, 0) is 25.5 Å². The monoisotopic (exact) mass is 511 g/mol. The molecule has 3 rings (SSSR count). The first kappa shape index (κ1) is 27.0. The minimum absolute atomic E-state index is 0.0150. The van der Waals surface area contributed by atoms with Crippen LogP contribution in [-0.4, -0.2) is 62.3 Å². The van der Waals surface area contributed by atoms with E-state index in [9.17, 15) is 24.3 Å². The Morgan fingerprint density at radius 3 is 2.54 bits per heavy atom. The zero-order chi connectivity index (χ0) is 26.9. The molecule has 2 atom stereocenters. The van der Waals surface area contributed by atoms with Gasteiger partial charge >= 0.3 is 5.97 Å². The number of amides is 1. The molecule has 37 heavy (non-hydrogen) atoms. The molecule has 0 saturated heterocycles. The van der Waals surface area contributed by atoms with E-state index >= 15 is 0 Å². The number of carbonyl (C=O) groups excluding carboxylic acids is 2. The van der Waals surface area contributed by atoms with Gasteiger partial charge in [-0.2, -0.15) is 0 Å². The number of aromatic nitrogens is 4. The second-order valence-corrected chi connectivity index (χ2v) is 8.38. The maximum atomic E-state index is 13.2. The summed E-state index contributed by atoms with van der Waals surface area (Å²) in [6.45, 7) is 3.42. The zero-order valence-corrected chi connectivity index (χ0v) is 20.7. The lowest BCUT2D eigenvalue weighted by Crippen LogP contribution is -2.49. The molecule has 3 N–H and O–H groups in total. The van der Waals surface area contributed by atoms with Crippen molar-refractivity contribution in [3.63, 3.8) is 0 Å².